The van der Waals surface area contributed by atoms with Gasteiger partial charge in [0.15, 0.2) is 0 Å². The molecule has 4 atom stereocenters. The fourth-order valence-corrected chi connectivity index (χ4v) is 1.68. The lowest BCUT2D eigenvalue weighted by Gasteiger charge is -2.30. The fraction of sp³-hybridized carbons (Fsp3) is 1.00. The normalized spacial score (nSPS) is 20.6. The number of aliphatic hydroxyl groups is 3. The first kappa shape index (κ1) is 13.9. The third-order valence-corrected chi connectivity index (χ3v) is 3.13. The zero-order chi connectivity index (χ0) is 11.3. The first-order chi connectivity index (χ1) is 6.45. The maximum Gasteiger partial charge on any atom is 0.0640 e. The summed E-state index contributed by atoms with van der Waals surface area (Å²) in [5.74, 6) is -0.368. The third-order valence-electron chi connectivity index (χ3n) is 3.13. The van der Waals surface area contributed by atoms with Gasteiger partial charge in [0.2, 0.25) is 0 Å². The predicted octanol–water partition coefficient (Wildman–Crippen LogP) is 1.16. The molecule has 0 radical (unpaired) electrons. The Hall–Kier alpha value is -0.120. The second kappa shape index (κ2) is 6.38. The van der Waals surface area contributed by atoms with Crippen LogP contribution in [0.5, 0.6) is 0 Å². The summed E-state index contributed by atoms with van der Waals surface area (Å²) in [5.41, 5.74) is 0. The van der Waals surface area contributed by atoms with Gasteiger partial charge in [-0.2, -0.15) is 0 Å². The second-order valence-electron chi connectivity index (χ2n) is 4.16. The van der Waals surface area contributed by atoms with E-state index >= 15 is 0 Å². The molecule has 0 heterocycles. The van der Waals surface area contributed by atoms with Gasteiger partial charge in [0.05, 0.1) is 18.3 Å². The first-order valence-electron chi connectivity index (χ1n) is 5.49. The minimum absolute atomic E-state index is 0.184. The minimum Gasteiger partial charge on any atom is -0.393 e. The van der Waals surface area contributed by atoms with Gasteiger partial charge in [0.25, 0.3) is 0 Å². The molecule has 0 saturated carbocycles. The first-order valence-corrected chi connectivity index (χ1v) is 5.49. The van der Waals surface area contributed by atoms with Crippen LogP contribution in [0, 0.1) is 11.8 Å². The van der Waals surface area contributed by atoms with E-state index < -0.39 is 18.3 Å². The van der Waals surface area contributed by atoms with E-state index in [2.05, 4.69) is 0 Å². The third kappa shape index (κ3) is 3.56. The fourth-order valence-electron chi connectivity index (χ4n) is 1.68. The summed E-state index contributed by atoms with van der Waals surface area (Å²) >= 11 is 0. The summed E-state index contributed by atoms with van der Waals surface area (Å²) in [7, 11) is 0. The monoisotopic (exact) mass is 204 g/mol. The van der Waals surface area contributed by atoms with Gasteiger partial charge in [0.1, 0.15) is 0 Å². The predicted molar refractivity (Wildman–Crippen MR) is 56.9 cm³/mol. The zero-order valence-corrected chi connectivity index (χ0v) is 9.64. The summed E-state index contributed by atoms with van der Waals surface area (Å²) in [4.78, 5) is 0. The van der Waals surface area contributed by atoms with Crippen molar-refractivity contribution in [2.45, 2.75) is 58.8 Å². The van der Waals surface area contributed by atoms with E-state index in [0.29, 0.717) is 12.8 Å². The average Bonchev–Trinajstić information content (AvgIpc) is 2.23. The van der Waals surface area contributed by atoms with Crippen LogP contribution in [0.15, 0.2) is 0 Å². The van der Waals surface area contributed by atoms with Gasteiger partial charge in [0, 0.05) is 11.8 Å². The maximum atomic E-state index is 9.87. The Morgan fingerprint density at radius 2 is 1.07 bits per heavy atom. The zero-order valence-electron chi connectivity index (χ0n) is 9.64. The summed E-state index contributed by atoms with van der Waals surface area (Å²) in [5, 5.41) is 29.0. The topological polar surface area (TPSA) is 60.7 Å². The van der Waals surface area contributed by atoms with Gasteiger partial charge >= 0.3 is 0 Å². The molecule has 14 heavy (non-hydrogen) atoms. The van der Waals surface area contributed by atoms with E-state index in [1.54, 1.807) is 0 Å². The number of hydrogen-bond donors (Lipinski definition) is 3. The molecule has 0 fully saturated rings. The number of aliphatic hydroxyl groups excluding tert-OH is 3. The Balaban J connectivity index is 4.22. The van der Waals surface area contributed by atoms with Crippen molar-refractivity contribution in [2.75, 3.05) is 0 Å². The van der Waals surface area contributed by atoms with E-state index in [1.165, 1.54) is 0 Å². The molecule has 0 bridgehead atoms. The molecule has 0 aliphatic heterocycles. The highest BCUT2D eigenvalue weighted by molar-refractivity contribution is 4.79. The number of hydrogen-bond acceptors (Lipinski definition) is 3. The smallest absolute Gasteiger partial charge is 0.0640 e. The standard InChI is InChI=1S/C11H24O3/c1-5-9(12)7(3)11(14)8(4)10(13)6-2/h7-14H,5-6H2,1-4H3/t7-,8-,9-,10-/m0/s1. The molecule has 0 aliphatic carbocycles. The van der Waals surface area contributed by atoms with Crippen LogP contribution in [-0.4, -0.2) is 33.6 Å². The molecule has 3 heteroatoms. The molecule has 86 valence electrons. The van der Waals surface area contributed by atoms with Gasteiger partial charge in [-0.15, -0.1) is 0 Å². The van der Waals surface area contributed by atoms with Crippen LogP contribution in [0.2, 0.25) is 0 Å². The van der Waals surface area contributed by atoms with Crippen LogP contribution >= 0.6 is 0 Å². The minimum atomic E-state index is -0.639. The van der Waals surface area contributed by atoms with Crippen molar-refractivity contribution in [3.05, 3.63) is 0 Å². The van der Waals surface area contributed by atoms with Gasteiger partial charge in [-0.05, 0) is 12.8 Å². The summed E-state index contributed by atoms with van der Waals surface area (Å²) in [6.45, 7) is 7.40. The second-order valence-corrected chi connectivity index (χ2v) is 4.16. The molecular formula is C11H24O3. The molecule has 3 nitrogen and oxygen atoms in total. The average molecular weight is 204 g/mol. The largest absolute Gasteiger partial charge is 0.393 e. The van der Waals surface area contributed by atoms with Crippen molar-refractivity contribution in [3.8, 4) is 0 Å². The quantitative estimate of drug-likeness (QED) is 0.608. The lowest BCUT2D eigenvalue weighted by Crippen LogP contribution is -2.38. The van der Waals surface area contributed by atoms with E-state index in [1.807, 2.05) is 27.7 Å². The summed E-state index contributed by atoms with van der Waals surface area (Å²) in [6, 6.07) is 0. The molecule has 0 aromatic heterocycles. The van der Waals surface area contributed by atoms with Crippen LogP contribution in [0.3, 0.4) is 0 Å². The van der Waals surface area contributed by atoms with Crippen LogP contribution in [0.25, 0.3) is 0 Å². The van der Waals surface area contributed by atoms with Crippen molar-refractivity contribution >= 4 is 0 Å². The molecule has 3 N–H and O–H groups in total. The molecule has 0 amide bonds. The molecular weight excluding hydrogens is 180 g/mol. The van der Waals surface area contributed by atoms with E-state index in [9.17, 15) is 15.3 Å². The van der Waals surface area contributed by atoms with Crippen LogP contribution in [0.4, 0.5) is 0 Å². The highest BCUT2D eigenvalue weighted by atomic mass is 16.3. The lowest BCUT2D eigenvalue weighted by atomic mass is 9.85. The molecule has 0 unspecified atom stereocenters. The van der Waals surface area contributed by atoms with E-state index in [4.69, 9.17) is 0 Å². The van der Waals surface area contributed by atoms with E-state index in [-0.39, 0.29) is 11.8 Å². The molecule has 0 aromatic carbocycles. The van der Waals surface area contributed by atoms with Crippen LogP contribution < -0.4 is 0 Å². The van der Waals surface area contributed by atoms with Crippen molar-refractivity contribution < 1.29 is 15.3 Å². The maximum absolute atomic E-state index is 9.87. The Morgan fingerprint density at radius 1 is 0.786 bits per heavy atom. The Kier molecular flexibility index (Phi) is 6.33. The Morgan fingerprint density at radius 3 is 1.29 bits per heavy atom. The molecule has 0 saturated heterocycles. The van der Waals surface area contributed by atoms with Gasteiger partial charge in [-0.25, -0.2) is 0 Å². The van der Waals surface area contributed by atoms with Crippen LogP contribution in [0.1, 0.15) is 40.5 Å². The van der Waals surface area contributed by atoms with Crippen molar-refractivity contribution in [3.63, 3.8) is 0 Å². The van der Waals surface area contributed by atoms with Gasteiger partial charge in [-0.1, -0.05) is 27.7 Å². The van der Waals surface area contributed by atoms with Gasteiger partial charge in [-0.3, -0.25) is 0 Å². The molecule has 0 aromatic rings. The number of rotatable bonds is 6. The summed E-state index contributed by atoms with van der Waals surface area (Å²) < 4.78 is 0. The molecule has 0 rings (SSSR count). The highest BCUT2D eigenvalue weighted by Gasteiger charge is 2.29. The van der Waals surface area contributed by atoms with Crippen LogP contribution in [-0.2, 0) is 0 Å². The Labute approximate surface area is 86.8 Å². The van der Waals surface area contributed by atoms with Gasteiger partial charge < -0.3 is 15.3 Å². The molecule has 0 aliphatic rings. The van der Waals surface area contributed by atoms with Crippen molar-refractivity contribution in [2.24, 2.45) is 11.8 Å². The summed E-state index contributed by atoms with van der Waals surface area (Å²) in [6.07, 6.45) is -0.353. The van der Waals surface area contributed by atoms with Crippen molar-refractivity contribution in [1.82, 2.24) is 0 Å². The van der Waals surface area contributed by atoms with Crippen molar-refractivity contribution in [1.29, 1.82) is 0 Å². The highest BCUT2D eigenvalue weighted by Crippen LogP contribution is 2.21. The lowest BCUT2D eigenvalue weighted by molar-refractivity contribution is -0.0450. The Bertz CT molecular complexity index is 133. The molecule has 0 spiro atoms. The van der Waals surface area contributed by atoms with E-state index in [0.717, 1.165) is 0 Å². The SMILES string of the molecule is CC[C@H](O)[C@H](C)C(O)[C@@H](C)[C@@H](O)CC.